The largest absolute Gasteiger partial charge is 0.310 e. The van der Waals surface area contributed by atoms with Crippen LogP contribution in [0.25, 0.3) is 32.3 Å². The summed E-state index contributed by atoms with van der Waals surface area (Å²) in [6, 6.07) is 49.7. The number of hydrogen-bond donors (Lipinski definition) is 0. The Bertz CT molecular complexity index is 2850. The fourth-order valence-corrected chi connectivity index (χ4v) is 12.4. The number of benzene rings is 8. The van der Waals surface area contributed by atoms with Crippen LogP contribution in [-0.2, 0) is 51.4 Å². The highest BCUT2D eigenvalue weighted by molar-refractivity contribution is 6.24. The molecular weight excluding hydrogens is 797 g/mol. The molecule has 8 aromatic carbocycles. The van der Waals surface area contributed by atoms with E-state index in [1.807, 2.05) is 0 Å². The quantitative estimate of drug-likeness (QED) is 0.140. The zero-order valence-electron chi connectivity index (χ0n) is 39.9. The molecule has 0 amide bonds. The summed E-state index contributed by atoms with van der Waals surface area (Å²) in [5, 5.41) is 7.92. The van der Waals surface area contributed by atoms with Crippen molar-refractivity contribution in [2.45, 2.75) is 142 Å². The molecule has 2 nitrogen and oxygen atoms in total. The average Bonchev–Trinajstić information content (AvgIpc) is 3.36. The molecule has 0 atom stereocenters. The van der Waals surface area contributed by atoms with Crippen LogP contribution in [-0.4, -0.2) is 0 Å². The van der Waals surface area contributed by atoms with Crippen LogP contribution < -0.4 is 9.80 Å². The van der Waals surface area contributed by atoms with E-state index in [1.165, 1.54) is 199 Å². The molecule has 0 bridgehead atoms. The van der Waals surface area contributed by atoms with Crippen LogP contribution in [0.4, 0.5) is 34.1 Å². The van der Waals surface area contributed by atoms with Crippen LogP contribution in [0.5, 0.6) is 0 Å². The summed E-state index contributed by atoms with van der Waals surface area (Å²) < 4.78 is 0. The molecule has 0 heterocycles. The van der Waals surface area contributed by atoms with E-state index in [-0.39, 0.29) is 0 Å². The van der Waals surface area contributed by atoms with Crippen molar-refractivity contribution in [2.75, 3.05) is 9.80 Å². The second kappa shape index (κ2) is 17.1. The number of rotatable bonds is 8. The van der Waals surface area contributed by atoms with Crippen molar-refractivity contribution in [3.05, 3.63) is 177 Å². The van der Waals surface area contributed by atoms with Gasteiger partial charge in [0.2, 0.25) is 0 Å². The molecule has 0 fully saturated rings. The molecule has 0 saturated heterocycles. The molecule has 0 aliphatic heterocycles. The summed E-state index contributed by atoms with van der Waals surface area (Å²) in [4.78, 5) is 5.29. The lowest BCUT2D eigenvalue weighted by atomic mass is 9.88. The molecule has 0 N–H and O–H groups in total. The van der Waals surface area contributed by atoms with Crippen LogP contribution in [0.2, 0.25) is 0 Å². The van der Waals surface area contributed by atoms with Gasteiger partial charge in [0.05, 0.1) is 11.4 Å². The Kier molecular flexibility index (Phi) is 10.8. The maximum Gasteiger partial charge on any atom is 0.0546 e. The minimum Gasteiger partial charge on any atom is -0.310 e. The number of hydrogen-bond acceptors (Lipinski definition) is 2. The van der Waals surface area contributed by atoms with Crippen LogP contribution in [0.3, 0.4) is 0 Å². The van der Waals surface area contributed by atoms with Crippen molar-refractivity contribution in [3.63, 3.8) is 0 Å². The third kappa shape index (κ3) is 7.40. The number of aryl methyl sites for hydroxylation is 8. The molecule has 0 unspecified atom stereocenters. The number of anilines is 6. The van der Waals surface area contributed by atoms with Crippen molar-refractivity contribution in [1.29, 1.82) is 0 Å². The van der Waals surface area contributed by atoms with E-state index in [9.17, 15) is 0 Å². The zero-order valence-corrected chi connectivity index (χ0v) is 39.9. The van der Waals surface area contributed by atoms with Gasteiger partial charge in [0.25, 0.3) is 0 Å². The first-order valence-corrected chi connectivity index (χ1v) is 25.9. The van der Waals surface area contributed by atoms with Crippen LogP contribution in [0.1, 0.15) is 147 Å². The molecule has 0 spiro atoms. The topological polar surface area (TPSA) is 6.48 Å². The smallest absolute Gasteiger partial charge is 0.0546 e. The minimum atomic E-state index is 0.406. The minimum absolute atomic E-state index is 0.406. The molecule has 8 aromatic rings. The second-order valence-electron chi connectivity index (χ2n) is 21.1. The van der Waals surface area contributed by atoms with E-state index >= 15 is 0 Å². The first kappa shape index (κ1) is 41.6. The number of fused-ring (bicyclic) bond motifs is 9. The summed E-state index contributed by atoms with van der Waals surface area (Å²) in [5.74, 6) is 0.813. The highest BCUT2D eigenvalue weighted by Gasteiger charge is 2.26. The molecule has 2 heteroatoms. The van der Waals surface area contributed by atoms with Crippen LogP contribution in [0, 0.1) is 0 Å². The molecule has 4 aliphatic rings. The second-order valence-corrected chi connectivity index (χ2v) is 21.1. The Labute approximate surface area is 393 Å². The van der Waals surface area contributed by atoms with E-state index in [0.29, 0.717) is 11.8 Å². The summed E-state index contributed by atoms with van der Waals surface area (Å²) >= 11 is 0. The van der Waals surface area contributed by atoms with E-state index < -0.39 is 0 Å². The molecule has 0 radical (unpaired) electrons. The van der Waals surface area contributed by atoms with Crippen molar-refractivity contribution in [1.82, 2.24) is 0 Å². The fraction of sp³-hybridized carbons (Fsp3) is 0.344. The van der Waals surface area contributed by atoms with Gasteiger partial charge in [-0.25, -0.2) is 0 Å². The predicted octanol–water partition coefficient (Wildman–Crippen LogP) is 17.8. The van der Waals surface area contributed by atoms with E-state index in [1.54, 1.807) is 0 Å². The van der Waals surface area contributed by atoms with Crippen LogP contribution in [0.15, 0.2) is 121 Å². The zero-order chi connectivity index (χ0) is 44.5. The van der Waals surface area contributed by atoms with Crippen molar-refractivity contribution in [3.8, 4) is 0 Å². The van der Waals surface area contributed by atoms with Crippen LogP contribution >= 0.6 is 0 Å². The van der Waals surface area contributed by atoms with Crippen molar-refractivity contribution >= 4 is 66.4 Å². The summed E-state index contributed by atoms with van der Waals surface area (Å²) in [6.45, 7) is 9.39. The van der Waals surface area contributed by atoms with Gasteiger partial charge in [-0.1, -0.05) is 76.2 Å². The van der Waals surface area contributed by atoms with E-state index in [0.717, 1.165) is 25.7 Å². The lowest BCUT2D eigenvalue weighted by Crippen LogP contribution is -2.15. The van der Waals surface area contributed by atoms with E-state index in [2.05, 4.69) is 159 Å². The Morgan fingerprint density at radius 2 is 0.561 bits per heavy atom. The van der Waals surface area contributed by atoms with Gasteiger partial charge >= 0.3 is 0 Å². The lowest BCUT2D eigenvalue weighted by molar-refractivity contribution is 0.685. The van der Waals surface area contributed by atoms with E-state index in [4.69, 9.17) is 0 Å². The Morgan fingerprint density at radius 1 is 0.273 bits per heavy atom. The van der Waals surface area contributed by atoms with Gasteiger partial charge in [0.1, 0.15) is 0 Å². The number of nitrogens with zero attached hydrogens (tertiary/aromatic N) is 2. The maximum atomic E-state index is 2.64. The normalized spacial score (nSPS) is 15.8. The highest BCUT2D eigenvalue weighted by Crippen LogP contribution is 2.50. The SMILES string of the molecule is CC(C)c1ccc2c(c1)c(N(c1ccc3c(c1)CCCC3)c1ccc3c(c1)CCCC3)cc1c3ccc(C(C)C)cc3c(N(c3ccc4c(c3)CCCC4)c3ccc4c(c3)CCCC4)cc21. The fourth-order valence-electron chi connectivity index (χ4n) is 12.4. The first-order chi connectivity index (χ1) is 32.3. The van der Waals surface area contributed by atoms with Gasteiger partial charge in [-0.2, -0.15) is 0 Å². The monoisotopic (exact) mass is 863 g/mol. The molecule has 4 aliphatic carbocycles. The Morgan fingerprint density at radius 3 is 0.848 bits per heavy atom. The molecule has 12 rings (SSSR count). The first-order valence-electron chi connectivity index (χ1n) is 25.9. The molecule has 0 aromatic heterocycles. The van der Waals surface area contributed by atoms with Crippen molar-refractivity contribution in [2.24, 2.45) is 0 Å². The predicted molar refractivity (Wildman–Crippen MR) is 283 cm³/mol. The van der Waals surface area contributed by atoms with Gasteiger partial charge in [-0.15, -0.1) is 0 Å². The summed E-state index contributed by atoms with van der Waals surface area (Å²) in [6.07, 6.45) is 19.6. The third-order valence-corrected chi connectivity index (χ3v) is 16.2. The lowest BCUT2D eigenvalue weighted by Gasteiger charge is -2.32. The summed E-state index contributed by atoms with van der Waals surface area (Å²) in [7, 11) is 0. The molecule has 332 valence electrons. The van der Waals surface area contributed by atoms with Gasteiger partial charge in [0, 0.05) is 33.5 Å². The Hall–Kier alpha value is -5.86. The Balaban J connectivity index is 1.17. The van der Waals surface area contributed by atoms with Gasteiger partial charge in [-0.3, -0.25) is 0 Å². The van der Waals surface area contributed by atoms with Gasteiger partial charge in [-0.05, 0) is 265 Å². The highest BCUT2D eigenvalue weighted by atomic mass is 15.2. The molecular formula is C64H66N2. The third-order valence-electron chi connectivity index (χ3n) is 16.2. The molecule has 0 saturated carbocycles. The van der Waals surface area contributed by atoms with Gasteiger partial charge < -0.3 is 9.80 Å². The van der Waals surface area contributed by atoms with Crippen molar-refractivity contribution < 1.29 is 0 Å². The summed E-state index contributed by atoms with van der Waals surface area (Å²) in [5.41, 5.74) is 22.6. The molecule has 66 heavy (non-hydrogen) atoms. The standard InChI is InChI=1S/C64H66N2/c1-41(2)47-25-31-57-59-40-64(66(55-29-23-45-15-7-11-19-51(45)35-55)56-30-24-46-16-8-12-20-52(46)36-56)62-38-48(42(3)4)26-32-58(62)60(59)39-63(61(57)37-47)65(53-27-21-43-13-5-9-17-49(43)33-53)54-28-22-44-14-6-10-18-50(44)34-54/h21-42H,5-20H2,1-4H3. The average molecular weight is 863 g/mol. The van der Waals surface area contributed by atoms with Gasteiger partial charge in [0.15, 0.2) is 0 Å². The maximum absolute atomic E-state index is 2.64.